The van der Waals surface area contributed by atoms with Gasteiger partial charge in [-0.25, -0.2) is 4.79 Å². The predicted molar refractivity (Wildman–Crippen MR) is 173 cm³/mol. The van der Waals surface area contributed by atoms with E-state index in [1.54, 1.807) is 17.0 Å². The van der Waals surface area contributed by atoms with Gasteiger partial charge in [0.15, 0.2) is 12.4 Å². The molecule has 1 saturated carbocycles. The minimum atomic E-state index is -0.703. The van der Waals surface area contributed by atoms with Crippen LogP contribution < -0.4 is 10.1 Å². The molecule has 0 unspecified atom stereocenters. The molecule has 0 bridgehead atoms. The number of phenols is 1. The van der Waals surface area contributed by atoms with Gasteiger partial charge in [0.25, 0.3) is 5.91 Å². The van der Waals surface area contributed by atoms with Gasteiger partial charge in [0.2, 0.25) is 5.91 Å². The molecule has 0 spiro atoms. The van der Waals surface area contributed by atoms with Gasteiger partial charge in [-0.15, -0.1) is 0 Å². The lowest BCUT2D eigenvalue weighted by Crippen LogP contribution is -2.48. The molecular weight excluding hydrogens is 590 g/mol. The van der Waals surface area contributed by atoms with Crippen LogP contribution >= 0.6 is 0 Å². The van der Waals surface area contributed by atoms with Crippen LogP contribution in [0, 0.1) is 0 Å². The fourth-order valence-electron chi connectivity index (χ4n) is 5.84. The summed E-state index contributed by atoms with van der Waals surface area (Å²) >= 11 is 0. The van der Waals surface area contributed by atoms with Crippen LogP contribution in [0.5, 0.6) is 11.5 Å². The number of nitrogens with zero attached hydrogens (tertiary/aromatic N) is 2. The number of aldehydes is 1. The van der Waals surface area contributed by atoms with Crippen LogP contribution in [-0.2, 0) is 31.9 Å². The third-order valence-electron chi connectivity index (χ3n) is 8.16. The summed E-state index contributed by atoms with van der Waals surface area (Å²) < 4.78 is 17.2. The summed E-state index contributed by atoms with van der Waals surface area (Å²) in [5.41, 5.74) is 1.89. The van der Waals surface area contributed by atoms with Crippen LogP contribution in [0.25, 0.3) is 0 Å². The first-order valence-electron chi connectivity index (χ1n) is 16.2. The molecule has 4 rings (SSSR count). The molecule has 46 heavy (non-hydrogen) atoms. The quantitative estimate of drug-likeness (QED) is 0.166. The number of rotatable bonds is 14. The van der Waals surface area contributed by atoms with Crippen molar-refractivity contribution in [1.29, 1.82) is 0 Å². The van der Waals surface area contributed by atoms with Crippen LogP contribution in [0.15, 0.2) is 36.4 Å². The molecule has 0 aromatic heterocycles. The number of fused-ring (bicyclic) bond motifs is 1. The zero-order chi connectivity index (χ0) is 33.1. The third-order valence-corrected chi connectivity index (χ3v) is 8.16. The molecular formula is C35H47N3O8. The summed E-state index contributed by atoms with van der Waals surface area (Å²) in [7, 11) is 0. The fourth-order valence-corrected chi connectivity index (χ4v) is 5.84. The van der Waals surface area contributed by atoms with E-state index in [0.717, 1.165) is 49.5 Å². The standard InChI is InChI=1S/C35H47N3O8/c1-35(2,3)46-34(43)37(17-14-27-12-13-29(40)32-33(27)45-24-30(41)36-32)18-19-38(28-10-5-4-6-11-28)31(42)16-21-44-20-15-25-8-7-9-26(22-25)23-39/h7-9,12-13,22-23,28,40H,4-6,10-11,14-21,24H2,1-3H3,(H,36,41). The molecule has 1 fully saturated rings. The van der Waals surface area contributed by atoms with Crippen molar-refractivity contribution in [2.75, 3.05) is 44.8 Å². The van der Waals surface area contributed by atoms with Crippen molar-refractivity contribution in [3.63, 3.8) is 0 Å². The number of phenolic OH excluding ortho intramolecular Hbond substituents is 1. The first kappa shape index (κ1) is 34.7. The minimum absolute atomic E-state index is 0.00395. The minimum Gasteiger partial charge on any atom is -0.506 e. The number of aromatic hydroxyl groups is 1. The van der Waals surface area contributed by atoms with Crippen molar-refractivity contribution in [2.45, 2.75) is 83.8 Å². The second-order valence-corrected chi connectivity index (χ2v) is 12.9. The highest BCUT2D eigenvalue weighted by molar-refractivity contribution is 5.97. The van der Waals surface area contributed by atoms with Crippen LogP contribution in [0.3, 0.4) is 0 Å². The Hall–Kier alpha value is -4.12. The van der Waals surface area contributed by atoms with Crippen molar-refractivity contribution in [3.05, 3.63) is 53.1 Å². The Kier molecular flexibility index (Phi) is 12.4. The van der Waals surface area contributed by atoms with Crippen LogP contribution in [0.4, 0.5) is 10.5 Å². The molecule has 1 aliphatic heterocycles. The van der Waals surface area contributed by atoms with E-state index in [0.29, 0.717) is 37.3 Å². The maximum Gasteiger partial charge on any atom is 0.410 e. The monoisotopic (exact) mass is 637 g/mol. The molecule has 0 radical (unpaired) electrons. The summed E-state index contributed by atoms with van der Waals surface area (Å²) in [6.07, 6.45) is 6.73. The van der Waals surface area contributed by atoms with Crippen LogP contribution in [0.1, 0.15) is 80.8 Å². The molecule has 1 aliphatic carbocycles. The number of hydrogen-bond donors (Lipinski definition) is 2. The highest BCUT2D eigenvalue weighted by Gasteiger charge is 2.29. The number of carbonyl (C=O) groups excluding carboxylic acids is 4. The van der Waals surface area contributed by atoms with Crippen LogP contribution in [0.2, 0.25) is 0 Å². The summed E-state index contributed by atoms with van der Waals surface area (Å²) in [6, 6.07) is 10.7. The molecule has 2 N–H and O–H groups in total. The Morgan fingerprint density at radius 2 is 1.83 bits per heavy atom. The number of nitrogens with one attached hydrogen (secondary N) is 1. The molecule has 1 heterocycles. The molecule has 0 saturated heterocycles. The van der Waals surface area contributed by atoms with Gasteiger partial charge in [-0.05, 0) is 69.7 Å². The van der Waals surface area contributed by atoms with Crippen molar-refractivity contribution < 1.29 is 38.5 Å². The Bertz CT molecular complexity index is 1370. The van der Waals surface area contributed by atoms with Gasteiger partial charge >= 0.3 is 6.09 Å². The average molecular weight is 638 g/mol. The molecule has 11 heteroatoms. The van der Waals surface area contributed by atoms with Gasteiger partial charge in [0, 0.05) is 31.2 Å². The van der Waals surface area contributed by atoms with Gasteiger partial charge in [-0.3, -0.25) is 14.4 Å². The largest absolute Gasteiger partial charge is 0.506 e. The Morgan fingerprint density at radius 1 is 1.04 bits per heavy atom. The van der Waals surface area contributed by atoms with Gasteiger partial charge in [-0.1, -0.05) is 43.5 Å². The first-order chi connectivity index (χ1) is 22.0. The number of anilines is 1. The Balaban J connectivity index is 1.39. The normalized spacial score (nSPS) is 14.9. The SMILES string of the molecule is CC(C)(C)OC(=O)N(CCc1ccc(O)c2c1OCC(=O)N2)CCN(C(=O)CCOCCc1cccc(C=O)c1)C1CCCCC1. The lowest BCUT2D eigenvalue weighted by Gasteiger charge is -2.36. The molecule has 250 valence electrons. The van der Waals surface area contributed by atoms with E-state index in [1.165, 1.54) is 6.07 Å². The second kappa shape index (κ2) is 16.4. The van der Waals surface area contributed by atoms with Crippen molar-refractivity contribution in [3.8, 4) is 11.5 Å². The maximum absolute atomic E-state index is 13.6. The zero-order valence-electron chi connectivity index (χ0n) is 27.2. The number of amides is 3. The summed E-state index contributed by atoms with van der Waals surface area (Å²) in [6.45, 7) is 6.93. The zero-order valence-corrected chi connectivity index (χ0v) is 27.2. The Labute approximate surface area is 271 Å². The van der Waals surface area contributed by atoms with E-state index in [9.17, 15) is 24.3 Å². The van der Waals surface area contributed by atoms with E-state index in [1.807, 2.05) is 43.9 Å². The van der Waals surface area contributed by atoms with E-state index in [4.69, 9.17) is 14.2 Å². The summed E-state index contributed by atoms with van der Waals surface area (Å²) in [5.74, 6) is -0.0546. The Morgan fingerprint density at radius 3 is 2.57 bits per heavy atom. The van der Waals surface area contributed by atoms with Crippen molar-refractivity contribution >= 4 is 29.9 Å². The first-order valence-corrected chi connectivity index (χ1v) is 16.2. The van der Waals surface area contributed by atoms with Crippen molar-refractivity contribution in [1.82, 2.24) is 9.80 Å². The lowest BCUT2D eigenvalue weighted by molar-refractivity contribution is -0.135. The van der Waals surface area contributed by atoms with Gasteiger partial charge in [-0.2, -0.15) is 0 Å². The summed E-state index contributed by atoms with van der Waals surface area (Å²) in [5, 5.41) is 12.9. The van der Waals surface area contributed by atoms with Gasteiger partial charge < -0.3 is 34.4 Å². The fraction of sp³-hybridized carbons (Fsp3) is 0.543. The number of hydrogen-bond acceptors (Lipinski definition) is 8. The predicted octanol–water partition coefficient (Wildman–Crippen LogP) is 5.13. The average Bonchev–Trinajstić information content (AvgIpc) is 3.03. The van der Waals surface area contributed by atoms with E-state index in [2.05, 4.69) is 5.32 Å². The number of ether oxygens (including phenoxy) is 3. The lowest BCUT2D eigenvalue weighted by atomic mass is 9.94. The van der Waals surface area contributed by atoms with E-state index < -0.39 is 11.7 Å². The number of benzene rings is 2. The van der Waals surface area contributed by atoms with E-state index in [-0.39, 0.29) is 62.0 Å². The molecule has 2 aromatic rings. The molecule has 2 aliphatic rings. The number of carbonyl (C=O) groups is 4. The van der Waals surface area contributed by atoms with Gasteiger partial charge in [0.05, 0.1) is 19.6 Å². The molecule has 2 aromatic carbocycles. The highest BCUT2D eigenvalue weighted by atomic mass is 16.6. The molecule has 11 nitrogen and oxygen atoms in total. The highest BCUT2D eigenvalue weighted by Crippen LogP contribution is 2.39. The molecule has 0 atom stereocenters. The second-order valence-electron chi connectivity index (χ2n) is 12.9. The summed E-state index contributed by atoms with van der Waals surface area (Å²) in [4.78, 5) is 53.3. The molecule has 3 amide bonds. The maximum atomic E-state index is 13.6. The van der Waals surface area contributed by atoms with E-state index >= 15 is 0 Å². The topological polar surface area (TPSA) is 135 Å². The van der Waals surface area contributed by atoms with Crippen molar-refractivity contribution in [2.24, 2.45) is 0 Å². The third kappa shape index (κ3) is 10.2. The smallest absolute Gasteiger partial charge is 0.410 e. The van der Waals surface area contributed by atoms with Crippen LogP contribution in [-0.4, -0.2) is 90.2 Å². The van der Waals surface area contributed by atoms with Gasteiger partial charge in [0.1, 0.15) is 23.3 Å².